The second-order valence-corrected chi connectivity index (χ2v) is 7.57. The maximum atomic E-state index is 12.6. The second-order valence-electron chi connectivity index (χ2n) is 7.13. The number of furan rings is 1. The van der Waals surface area contributed by atoms with E-state index in [4.69, 9.17) is 21.0 Å². The van der Waals surface area contributed by atoms with Crippen LogP contribution < -0.4 is 5.32 Å². The number of fused-ring (bicyclic) bond motifs is 1. The molecule has 0 aliphatic carbocycles. The van der Waals surface area contributed by atoms with Crippen LogP contribution in [-0.2, 0) is 6.54 Å². The topological polar surface area (TPSA) is 77.9 Å². The van der Waals surface area contributed by atoms with Crippen molar-refractivity contribution in [3.8, 4) is 5.95 Å². The number of carbonyl (C=O) groups is 1. The zero-order valence-electron chi connectivity index (χ0n) is 16.6. The predicted molar refractivity (Wildman–Crippen MR) is 119 cm³/mol. The number of hydrogen-bond donors (Lipinski definition) is 1. The van der Waals surface area contributed by atoms with Crippen molar-refractivity contribution in [3.05, 3.63) is 95.0 Å². The van der Waals surface area contributed by atoms with Crippen LogP contribution >= 0.6 is 11.6 Å². The zero-order chi connectivity index (χ0) is 21.4. The molecule has 0 unspecified atom stereocenters. The second kappa shape index (κ2) is 7.77. The van der Waals surface area contributed by atoms with Gasteiger partial charge in [0.2, 0.25) is 5.95 Å². The predicted octanol–water partition coefficient (Wildman–Crippen LogP) is 5.08. The highest BCUT2D eigenvalue weighted by Crippen LogP contribution is 2.25. The highest BCUT2D eigenvalue weighted by molar-refractivity contribution is 6.30. The Morgan fingerprint density at radius 3 is 2.77 bits per heavy atom. The van der Waals surface area contributed by atoms with Crippen molar-refractivity contribution >= 4 is 34.4 Å². The van der Waals surface area contributed by atoms with Gasteiger partial charge in [0.15, 0.2) is 5.76 Å². The first kappa shape index (κ1) is 19.1. The maximum absolute atomic E-state index is 12.6. The Labute approximate surface area is 182 Å². The van der Waals surface area contributed by atoms with Crippen molar-refractivity contribution in [1.29, 1.82) is 0 Å². The van der Waals surface area contributed by atoms with E-state index in [0.717, 1.165) is 22.3 Å². The molecule has 1 N–H and O–H groups in total. The summed E-state index contributed by atoms with van der Waals surface area (Å²) in [6.07, 6.45) is 1.46. The number of amides is 1. The lowest BCUT2D eigenvalue weighted by molar-refractivity contribution is 0.0996. The van der Waals surface area contributed by atoms with E-state index < -0.39 is 0 Å². The van der Waals surface area contributed by atoms with E-state index in [2.05, 4.69) is 15.0 Å². The van der Waals surface area contributed by atoms with Gasteiger partial charge in [-0.15, -0.1) is 0 Å². The molecule has 0 aliphatic heterocycles. The number of aryl methyl sites for hydroxylation is 1. The first-order chi connectivity index (χ1) is 15.1. The zero-order valence-corrected chi connectivity index (χ0v) is 17.4. The Kier molecular flexibility index (Phi) is 4.80. The molecule has 3 aromatic heterocycles. The number of nitrogens with zero attached hydrogens (tertiary/aromatic N) is 4. The van der Waals surface area contributed by atoms with Gasteiger partial charge in [-0.3, -0.25) is 4.79 Å². The molecule has 0 radical (unpaired) electrons. The number of imidazole rings is 1. The Hall–Kier alpha value is -3.84. The lowest BCUT2D eigenvalue weighted by Gasteiger charge is -2.12. The molecular formula is C23H18ClN5O2. The van der Waals surface area contributed by atoms with Crippen molar-refractivity contribution in [3.63, 3.8) is 0 Å². The molecule has 0 aliphatic rings. The highest BCUT2D eigenvalue weighted by Gasteiger charge is 2.19. The molecule has 0 fully saturated rings. The largest absolute Gasteiger partial charge is 0.459 e. The lowest BCUT2D eigenvalue weighted by atomic mass is 10.2. The van der Waals surface area contributed by atoms with Crippen LogP contribution in [-0.4, -0.2) is 25.2 Å². The summed E-state index contributed by atoms with van der Waals surface area (Å²) in [5.74, 6) is 0.951. The van der Waals surface area contributed by atoms with Gasteiger partial charge in [-0.1, -0.05) is 35.9 Å². The van der Waals surface area contributed by atoms with Crippen LogP contribution in [0, 0.1) is 6.92 Å². The number of hydrogen-bond acceptors (Lipinski definition) is 4. The quantitative estimate of drug-likeness (QED) is 0.421. The van der Waals surface area contributed by atoms with Crippen LogP contribution in [0.5, 0.6) is 0 Å². The molecular weight excluding hydrogens is 414 g/mol. The fraction of sp³-hybridized carbons (Fsp3) is 0.0870. The van der Waals surface area contributed by atoms with Gasteiger partial charge in [-0.25, -0.2) is 4.98 Å². The number of aromatic nitrogens is 4. The fourth-order valence-electron chi connectivity index (χ4n) is 3.52. The number of anilines is 1. The number of carbonyl (C=O) groups excluding carboxylic acids is 1. The molecule has 7 nitrogen and oxygen atoms in total. The fourth-order valence-corrected chi connectivity index (χ4v) is 3.74. The molecule has 5 rings (SSSR count). The Morgan fingerprint density at radius 2 is 1.97 bits per heavy atom. The van der Waals surface area contributed by atoms with Gasteiger partial charge >= 0.3 is 0 Å². The van der Waals surface area contributed by atoms with Gasteiger partial charge in [-0.05, 0) is 48.9 Å². The van der Waals surface area contributed by atoms with Crippen molar-refractivity contribution in [2.45, 2.75) is 13.5 Å². The van der Waals surface area contributed by atoms with Gasteiger partial charge in [0.05, 0.1) is 29.5 Å². The monoisotopic (exact) mass is 431 g/mol. The van der Waals surface area contributed by atoms with E-state index in [1.165, 1.54) is 6.26 Å². The average molecular weight is 432 g/mol. The maximum Gasteiger partial charge on any atom is 0.292 e. The van der Waals surface area contributed by atoms with E-state index in [1.54, 1.807) is 22.9 Å². The third-order valence-electron chi connectivity index (χ3n) is 4.87. The molecule has 2 aromatic carbocycles. The SMILES string of the molecule is Cc1cc(NC(=O)c2ccco2)n(-c2nc3ccccc3n2Cc2cccc(Cl)c2)n1. The van der Waals surface area contributed by atoms with Crippen LogP contribution in [0.15, 0.2) is 77.4 Å². The first-order valence-corrected chi connectivity index (χ1v) is 10.1. The van der Waals surface area contributed by atoms with Gasteiger partial charge in [-0.2, -0.15) is 9.78 Å². The third kappa shape index (κ3) is 3.71. The highest BCUT2D eigenvalue weighted by atomic mass is 35.5. The minimum atomic E-state index is -0.358. The van der Waals surface area contributed by atoms with Crippen LogP contribution in [0.2, 0.25) is 5.02 Å². The number of rotatable bonds is 5. The van der Waals surface area contributed by atoms with Crippen LogP contribution in [0.4, 0.5) is 5.82 Å². The number of nitrogens with one attached hydrogen (secondary N) is 1. The summed E-state index contributed by atoms with van der Waals surface area (Å²) in [5, 5.41) is 8.13. The average Bonchev–Trinajstić information content (AvgIpc) is 3.48. The molecule has 31 heavy (non-hydrogen) atoms. The van der Waals surface area contributed by atoms with E-state index >= 15 is 0 Å². The molecule has 0 saturated heterocycles. The Balaban J connectivity index is 1.61. The van der Waals surface area contributed by atoms with Gasteiger partial charge in [0, 0.05) is 11.1 Å². The minimum absolute atomic E-state index is 0.220. The number of benzene rings is 2. The van der Waals surface area contributed by atoms with E-state index in [0.29, 0.717) is 23.3 Å². The molecule has 5 aromatic rings. The minimum Gasteiger partial charge on any atom is -0.459 e. The standard InChI is InChI=1S/C23H18ClN5O2/c1-15-12-21(26-22(30)20-10-5-11-31-20)29(27-15)23-25-18-8-2-3-9-19(18)28(23)14-16-6-4-7-17(24)13-16/h2-13H,14H2,1H3,(H,26,30). The van der Waals surface area contributed by atoms with Gasteiger partial charge in [0.25, 0.3) is 5.91 Å². The molecule has 1 amide bonds. The summed E-state index contributed by atoms with van der Waals surface area (Å²) in [6, 6.07) is 20.6. The summed E-state index contributed by atoms with van der Waals surface area (Å²) in [4.78, 5) is 17.4. The lowest BCUT2D eigenvalue weighted by Crippen LogP contribution is -2.17. The van der Waals surface area contributed by atoms with E-state index in [1.807, 2.05) is 55.5 Å². The Morgan fingerprint density at radius 1 is 1.10 bits per heavy atom. The summed E-state index contributed by atoms with van der Waals surface area (Å²) in [7, 11) is 0. The summed E-state index contributed by atoms with van der Waals surface area (Å²) in [5.41, 5.74) is 3.56. The number of para-hydroxylation sites is 2. The summed E-state index contributed by atoms with van der Waals surface area (Å²) in [6.45, 7) is 2.41. The molecule has 3 heterocycles. The smallest absolute Gasteiger partial charge is 0.292 e. The van der Waals surface area contributed by atoms with Gasteiger partial charge in [0.1, 0.15) is 5.82 Å². The van der Waals surface area contributed by atoms with Crippen molar-refractivity contribution in [1.82, 2.24) is 19.3 Å². The van der Waals surface area contributed by atoms with Crippen molar-refractivity contribution in [2.75, 3.05) is 5.32 Å². The normalized spacial score (nSPS) is 11.2. The summed E-state index contributed by atoms with van der Waals surface area (Å²) < 4.78 is 8.90. The van der Waals surface area contributed by atoms with Crippen molar-refractivity contribution < 1.29 is 9.21 Å². The third-order valence-corrected chi connectivity index (χ3v) is 5.11. The van der Waals surface area contributed by atoms with Crippen LogP contribution in [0.1, 0.15) is 21.8 Å². The first-order valence-electron chi connectivity index (χ1n) is 9.70. The number of halogens is 1. The molecule has 0 spiro atoms. The van der Waals surface area contributed by atoms with Crippen LogP contribution in [0.25, 0.3) is 17.0 Å². The molecule has 154 valence electrons. The van der Waals surface area contributed by atoms with E-state index in [-0.39, 0.29) is 11.7 Å². The Bertz CT molecular complexity index is 1380. The summed E-state index contributed by atoms with van der Waals surface area (Å²) >= 11 is 6.20. The van der Waals surface area contributed by atoms with Gasteiger partial charge < -0.3 is 14.3 Å². The van der Waals surface area contributed by atoms with Crippen LogP contribution in [0.3, 0.4) is 0 Å². The molecule has 8 heteroatoms. The molecule has 0 atom stereocenters. The van der Waals surface area contributed by atoms with Crippen molar-refractivity contribution in [2.24, 2.45) is 0 Å². The molecule has 0 bridgehead atoms. The molecule has 0 saturated carbocycles. The van der Waals surface area contributed by atoms with E-state index in [9.17, 15) is 4.79 Å².